The maximum absolute atomic E-state index is 13.8. The molecule has 0 spiro atoms. The minimum atomic E-state index is -3.84. The van der Waals surface area contributed by atoms with E-state index in [4.69, 9.17) is 18.9 Å². The molecule has 3 aromatic rings. The molecule has 2 aliphatic heterocycles. The molecule has 0 bridgehead atoms. The van der Waals surface area contributed by atoms with Crippen LogP contribution in [0.25, 0.3) is 0 Å². The Morgan fingerprint density at radius 1 is 0.571 bits per heavy atom. The van der Waals surface area contributed by atoms with Crippen molar-refractivity contribution < 1.29 is 35.8 Å². The minimum Gasteiger partial charge on any atom is -0.497 e. The van der Waals surface area contributed by atoms with Gasteiger partial charge in [0.05, 0.1) is 43.9 Å². The van der Waals surface area contributed by atoms with Crippen LogP contribution in [0.5, 0.6) is 23.0 Å². The molecule has 0 unspecified atom stereocenters. The molecule has 2 heterocycles. The predicted octanol–water partition coefficient (Wildman–Crippen LogP) is 2.98. The zero-order chi connectivity index (χ0) is 30.1. The normalized spacial score (nSPS) is 16.5. The average Bonchev–Trinajstić information content (AvgIpc) is 3.03. The Kier molecular flexibility index (Phi) is 8.56. The van der Waals surface area contributed by atoms with Gasteiger partial charge < -0.3 is 23.8 Å². The lowest BCUT2D eigenvalue weighted by Gasteiger charge is -2.36. The van der Waals surface area contributed by atoms with Gasteiger partial charge in [-0.1, -0.05) is 0 Å². The SMILES string of the molecule is COc1ccc(S(=O)(=O)N2CCN(c3cc(S(=O)(=O)N4CCc5cc(OC)c(OC)cc5C4)ccc3OC)CC2)cc1. The Balaban J connectivity index is 1.35. The monoisotopic (exact) mass is 617 g/mol. The van der Waals surface area contributed by atoms with Crippen LogP contribution in [0.1, 0.15) is 11.1 Å². The second kappa shape index (κ2) is 12.0. The molecule has 0 radical (unpaired) electrons. The zero-order valence-electron chi connectivity index (χ0n) is 24.1. The van der Waals surface area contributed by atoms with Crippen molar-refractivity contribution in [3.63, 3.8) is 0 Å². The van der Waals surface area contributed by atoms with E-state index >= 15 is 0 Å². The number of rotatable bonds is 9. The smallest absolute Gasteiger partial charge is 0.243 e. The number of hydrogen-bond acceptors (Lipinski definition) is 9. The van der Waals surface area contributed by atoms with Crippen LogP contribution in [0.4, 0.5) is 5.69 Å². The van der Waals surface area contributed by atoms with Gasteiger partial charge in [-0.2, -0.15) is 8.61 Å². The summed E-state index contributed by atoms with van der Waals surface area (Å²) in [6.45, 7) is 1.75. The first kappa shape index (κ1) is 30.0. The fraction of sp³-hybridized carbons (Fsp3) is 0.379. The molecule has 11 nitrogen and oxygen atoms in total. The second-order valence-corrected chi connectivity index (χ2v) is 13.8. The van der Waals surface area contributed by atoms with Gasteiger partial charge in [-0.3, -0.25) is 0 Å². The molecule has 1 fully saturated rings. The van der Waals surface area contributed by atoms with Crippen molar-refractivity contribution >= 4 is 25.7 Å². The zero-order valence-corrected chi connectivity index (χ0v) is 25.7. The standard InChI is InChI=1S/C29H35N3O8S2/c1-37-23-5-7-24(8-6-23)41(33,34)31-15-13-30(14-16-31)26-19-25(9-10-27(26)38-2)42(35,36)32-12-11-21-17-28(39-3)29(40-4)18-22(21)20-32/h5-10,17-19H,11-16,20H2,1-4H3. The number of fused-ring (bicyclic) bond motifs is 1. The van der Waals surface area contributed by atoms with E-state index in [-0.39, 0.29) is 29.4 Å². The Morgan fingerprint density at radius 2 is 1.14 bits per heavy atom. The second-order valence-electron chi connectivity index (χ2n) is 9.96. The lowest BCUT2D eigenvalue weighted by molar-refractivity contribution is 0.348. The summed E-state index contributed by atoms with van der Waals surface area (Å²) in [7, 11) is -1.35. The van der Waals surface area contributed by atoms with E-state index in [9.17, 15) is 16.8 Å². The number of sulfonamides is 2. The first-order valence-electron chi connectivity index (χ1n) is 13.4. The molecule has 5 rings (SSSR count). The molecule has 0 N–H and O–H groups in total. The summed E-state index contributed by atoms with van der Waals surface area (Å²) in [6.07, 6.45) is 0.544. The number of piperazine rings is 1. The van der Waals surface area contributed by atoms with Crippen LogP contribution >= 0.6 is 0 Å². The number of nitrogens with zero attached hydrogens (tertiary/aromatic N) is 3. The third-order valence-electron chi connectivity index (χ3n) is 7.75. The molecular weight excluding hydrogens is 582 g/mol. The molecule has 226 valence electrons. The van der Waals surface area contributed by atoms with E-state index in [0.29, 0.717) is 54.7 Å². The number of hydrogen-bond donors (Lipinski definition) is 0. The first-order valence-corrected chi connectivity index (χ1v) is 16.3. The van der Waals surface area contributed by atoms with Crippen LogP contribution in [0.3, 0.4) is 0 Å². The van der Waals surface area contributed by atoms with Crippen molar-refractivity contribution in [1.82, 2.24) is 8.61 Å². The van der Waals surface area contributed by atoms with Crippen LogP contribution in [0.2, 0.25) is 0 Å². The van der Waals surface area contributed by atoms with Crippen LogP contribution in [-0.4, -0.2) is 86.6 Å². The van der Waals surface area contributed by atoms with Crippen molar-refractivity contribution in [2.75, 3.05) is 66.1 Å². The van der Waals surface area contributed by atoms with Gasteiger partial charge in [-0.25, -0.2) is 16.8 Å². The highest BCUT2D eigenvalue weighted by Crippen LogP contribution is 2.37. The van der Waals surface area contributed by atoms with Gasteiger partial charge in [0, 0.05) is 39.3 Å². The fourth-order valence-electron chi connectivity index (χ4n) is 5.36. The first-order chi connectivity index (χ1) is 20.1. The van der Waals surface area contributed by atoms with Gasteiger partial charge in [0.1, 0.15) is 11.5 Å². The number of benzene rings is 3. The lowest BCUT2D eigenvalue weighted by Crippen LogP contribution is -2.48. The van der Waals surface area contributed by atoms with Gasteiger partial charge in [0.25, 0.3) is 0 Å². The summed E-state index contributed by atoms with van der Waals surface area (Å²) < 4.78 is 78.5. The van der Waals surface area contributed by atoms with E-state index in [0.717, 1.165) is 11.1 Å². The maximum atomic E-state index is 13.8. The quantitative estimate of drug-likeness (QED) is 0.358. The van der Waals surface area contributed by atoms with Crippen molar-refractivity contribution in [3.05, 3.63) is 65.7 Å². The molecule has 42 heavy (non-hydrogen) atoms. The van der Waals surface area contributed by atoms with Crippen molar-refractivity contribution in [1.29, 1.82) is 0 Å². The average molecular weight is 618 g/mol. The highest BCUT2D eigenvalue weighted by molar-refractivity contribution is 7.89. The molecule has 13 heteroatoms. The van der Waals surface area contributed by atoms with Crippen molar-refractivity contribution in [3.8, 4) is 23.0 Å². The summed E-state index contributed by atoms with van der Waals surface area (Å²) in [6, 6.07) is 14.8. The highest BCUT2D eigenvalue weighted by atomic mass is 32.2. The van der Waals surface area contributed by atoms with Gasteiger partial charge in [0.2, 0.25) is 20.0 Å². The predicted molar refractivity (Wildman–Crippen MR) is 158 cm³/mol. The van der Waals surface area contributed by atoms with Gasteiger partial charge in [0.15, 0.2) is 11.5 Å². The summed E-state index contributed by atoms with van der Waals surface area (Å²) in [5.41, 5.74) is 2.49. The van der Waals surface area contributed by atoms with Crippen molar-refractivity contribution in [2.24, 2.45) is 0 Å². The van der Waals surface area contributed by atoms with Gasteiger partial charge in [-0.05, 0) is 72.1 Å². The number of anilines is 1. The Morgan fingerprint density at radius 3 is 1.74 bits per heavy atom. The van der Waals surface area contributed by atoms with Crippen LogP contribution < -0.4 is 23.8 Å². The van der Waals surface area contributed by atoms with Crippen molar-refractivity contribution in [2.45, 2.75) is 22.8 Å². The Hall–Kier alpha value is -3.52. The van der Waals surface area contributed by atoms with Crippen LogP contribution in [0.15, 0.2) is 64.4 Å². The molecule has 1 saturated heterocycles. The Labute approximate surface area is 247 Å². The molecule has 0 aromatic heterocycles. The number of ether oxygens (including phenoxy) is 4. The molecule has 0 amide bonds. The molecule has 2 aliphatic rings. The largest absolute Gasteiger partial charge is 0.497 e. The van der Waals surface area contributed by atoms with Crippen LogP contribution in [0, 0.1) is 0 Å². The van der Waals surface area contributed by atoms with E-state index in [2.05, 4.69) is 0 Å². The fourth-order valence-corrected chi connectivity index (χ4v) is 8.22. The topological polar surface area (TPSA) is 115 Å². The molecule has 0 atom stereocenters. The van der Waals surface area contributed by atoms with Crippen LogP contribution in [-0.2, 0) is 33.0 Å². The third-order valence-corrected chi connectivity index (χ3v) is 11.5. The lowest BCUT2D eigenvalue weighted by atomic mass is 10.0. The molecular formula is C29H35N3O8S2. The number of methoxy groups -OCH3 is 4. The van der Waals surface area contributed by atoms with Gasteiger partial charge in [-0.15, -0.1) is 0 Å². The third kappa shape index (κ3) is 5.61. The summed E-state index contributed by atoms with van der Waals surface area (Å²) >= 11 is 0. The van der Waals surface area contributed by atoms with E-state index < -0.39 is 20.0 Å². The summed E-state index contributed by atoms with van der Waals surface area (Å²) in [5, 5.41) is 0. The molecule has 0 aliphatic carbocycles. The van der Waals surface area contributed by atoms with E-state index in [1.807, 2.05) is 17.0 Å². The van der Waals surface area contributed by atoms with E-state index in [1.54, 1.807) is 44.6 Å². The van der Waals surface area contributed by atoms with Gasteiger partial charge >= 0.3 is 0 Å². The van der Waals surface area contributed by atoms with E-state index in [1.165, 1.54) is 35.0 Å². The highest BCUT2D eigenvalue weighted by Gasteiger charge is 2.33. The summed E-state index contributed by atoms with van der Waals surface area (Å²) in [5.74, 6) is 2.26. The Bertz CT molecular complexity index is 1650. The minimum absolute atomic E-state index is 0.149. The maximum Gasteiger partial charge on any atom is 0.243 e. The molecule has 0 saturated carbocycles. The molecule has 3 aromatic carbocycles. The summed E-state index contributed by atoms with van der Waals surface area (Å²) in [4.78, 5) is 2.30.